The molecule has 6 heteroatoms. The van der Waals surface area contributed by atoms with Crippen LogP contribution in [0.3, 0.4) is 0 Å². The smallest absolute Gasteiger partial charge is 0.248 e. The number of hydrogen-bond donors (Lipinski definition) is 1. The highest BCUT2D eigenvalue weighted by molar-refractivity contribution is 6.02. The van der Waals surface area contributed by atoms with Crippen LogP contribution in [-0.4, -0.2) is 25.1 Å². The number of carbonyl (C=O) groups excluding carboxylic acids is 1. The normalized spacial score (nSPS) is 13.9. The van der Waals surface area contributed by atoms with Gasteiger partial charge in [0.1, 0.15) is 17.0 Å². The number of nitrogens with one attached hydrogen (secondary N) is 1. The molecule has 6 nitrogen and oxygen atoms in total. The lowest BCUT2D eigenvalue weighted by molar-refractivity contribution is -0.111. The third kappa shape index (κ3) is 3.79. The van der Waals surface area contributed by atoms with E-state index in [9.17, 15) is 4.79 Å². The molecule has 1 saturated carbocycles. The summed E-state index contributed by atoms with van der Waals surface area (Å²) in [4.78, 5) is 16.8. The summed E-state index contributed by atoms with van der Waals surface area (Å²) in [5.41, 5.74) is 2.93. The number of hydrogen-bond acceptors (Lipinski definition) is 5. The van der Waals surface area contributed by atoms with E-state index >= 15 is 0 Å². The van der Waals surface area contributed by atoms with Crippen molar-refractivity contribution in [1.82, 2.24) is 4.98 Å². The maximum Gasteiger partial charge on any atom is 0.248 e. The van der Waals surface area contributed by atoms with Crippen molar-refractivity contribution in [2.75, 3.05) is 19.5 Å². The molecule has 1 amide bonds. The standard InChI is InChI=1S/C21H20N2O4/c1-25-16-7-9-18(26-2)14(11-16)5-10-20(24)22-15-6-8-19-17(12-15)23-21(27-19)13-3-4-13/h5-13H,3-4H2,1-2H3,(H,22,24)/b10-5+. The van der Waals surface area contributed by atoms with Gasteiger partial charge in [-0.25, -0.2) is 4.98 Å². The summed E-state index contributed by atoms with van der Waals surface area (Å²) in [5, 5.41) is 2.85. The van der Waals surface area contributed by atoms with E-state index in [1.54, 1.807) is 32.4 Å². The quantitative estimate of drug-likeness (QED) is 0.657. The molecule has 3 aromatic rings. The number of fused-ring (bicyclic) bond motifs is 1. The average molecular weight is 364 g/mol. The largest absolute Gasteiger partial charge is 0.497 e. The van der Waals surface area contributed by atoms with E-state index in [-0.39, 0.29) is 5.91 Å². The Kier molecular flexibility index (Phi) is 4.54. The number of amides is 1. The van der Waals surface area contributed by atoms with Gasteiger partial charge < -0.3 is 19.2 Å². The average Bonchev–Trinajstić information content (AvgIpc) is 3.45. The fourth-order valence-electron chi connectivity index (χ4n) is 2.85. The third-order valence-corrected chi connectivity index (χ3v) is 4.45. The number of ether oxygens (including phenoxy) is 2. The zero-order valence-electron chi connectivity index (χ0n) is 15.2. The minimum Gasteiger partial charge on any atom is -0.497 e. The van der Waals surface area contributed by atoms with Gasteiger partial charge in [0.2, 0.25) is 5.91 Å². The van der Waals surface area contributed by atoms with Crippen LogP contribution < -0.4 is 14.8 Å². The Labute approximate surface area is 156 Å². The van der Waals surface area contributed by atoms with Gasteiger partial charge in [0.25, 0.3) is 0 Å². The van der Waals surface area contributed by atoms with Gasteiger partial charge in [-0.3, -0.25) is 4.79 Å². The van der Waals surface area contributed by atoms with Gasteiger partial charge in [-0.15, -0.1) is 0 Å². The van der Waals surface area contributed by atoms with Crippen LogP contribution in [0.25, 0.3) is 17.2 Å². The number of carbonyl (C=O) groups is 1. The van der Waals surface area contributed by atoms with Crippen LogP contribution >= 0.6 is 0 Å². The molecular weight excluding hydrogens is 344 g/mol. The van der Waals surface area contributed by atoms with E-state index in [2.05, 4.69) is 10.3 Å². The first-order chi connectivity index (χ1) is 13.2. The molecule has 1 aliphatic rings. The molecule has 27 heavy (non-hydrogen) atoms. The van der Waals surface area contributed by atoms with Crippen LogP contribution in [0.4, 0.5) is 5.69 Å². The maximum absolute atomic E-state index is 12.3. The Balaban J connectivity index is 1.49. The molecule has 138 valence electrons. The molecule has 0 bridgehead atoms. The second-order valence-electron chi connectivity index (χ2n) is 6.44. The minimum absolute atomic E-state index is 0.245. The highest BCUT2D eigenvalue weighted by atomic mass is 16.5. The van der Waals surface area contributed by atoms with Gasteiger partial charge >= 0.3 is 0 Å². The summed E-state index contributed by atoms with van der Waals surface area (Å²) < 4.78 is 16.3. The summed E-state index contributed by atoms with van der Waals surface area (Å²) in [6.07, 6.45) is 5.42. The fraction of sp³-hybridized carbons (Fsp3) is 0.238. The summed E-state index contributed by atoms with van der Waals surface area (Å²) in [6.45, 7) is 0. The topological polar surface area (TPSA) is 73.6 Å². The Morgan fingerprint density at radius 1 is 1.19 bits per heavy atom. The lowest BCUT2D eigenvalue weighted by Crippen LogP contribution is -2.07. The van der Waals surface area contributed by atoms with E-state index in [1.807, 2.05) is 24.3 Å². The van der Waals surface area contributed by atoms with Crippen molar-refractivity contribution >= 4 is 28.8 Å². The predicted molar refractivity (Wildman–Crippen MR) is 103 cm³/mol. The maximum atomic E-state index is 12.3. The first-order valence-corrected chi connectivity index (χ1v) is 8.78. The number of rotatable bonds is 6. The first kappa shape index (κ1) is 17.1. The van der Waals surface area contributed by atoms with Gasteiger partial charge in [-0.05, 0) is 55.3 Å². The minimum atomic E-state index is -0.245. The summed E-state index contributed by atoms with van der Waals surface area (Å²) in [5.74, 6) is 2.36. The molecule has 1 heterocycles. The van der Waals surface area contributed by atoms with Crippen molar-refractivity contribution in [2.24, 2.45) is 0 Å². The molecule has 4 rings (SSSR count). The molecule has 1 aromatic heterocycles. The van der Waals surface area contributed by atoms with Crippen LogP contribution in [0.1, 0.15) is 30.2 Å². The van der Waals surface area contributed by atoms with Crippen LogP contribution in [0.15, 0.2) is 46.9 Å². The van der Waals surface area contributed by atoms with E-state index in [1.165, 1.54) is 6.08 Å². The Morgan fingerprint density at radius 3 is 2.78 bits per heavy atom. The fourth-order valence-corrected chi connectivity index (χ4v) is 2.85. The molecule has 0 spiro atoms. The molecule has 0 unspecified atom stereocenters. The van der Waals surface area contributed by atoms with Gasteiger partial charge in [0.05, 0.1) is 14.2 Å². The number of methoxy groups -OCH3 is 2. The Hall–Kier alpha value is -3.28. The molecule has 0 radical (unpaired) electrons. The summed E-state index contributed by atoms with van der Waals surface area (Å²) >= 11 is 0. The Bertz CT molecular complexity index is 1020. The molecule has 1 fully saturated rings. The van der Waals surface area contributed by atoms with Crippen molar-refractivity contribution in [3.63, 3.8) is 0 Å². The Morgan fingerprint density at radius 2 is 2.04 bits per heavy atom. The molecular formula is C21H20N2O4. The van der Waals surface area contributed by atoms with E-state index in [0.29, 0.717) is 23.1 Å². The van der Waals surface area contributed by atoms with Crippen molar-refractivity contribution in [1.29, 1.82) is 0 Å². The second-order valence-corrected chi connectivity index (χ2v) is 6.44. The van der Waals surface area contributed by atoms with Crippen molar-refractivity contribution in [3.05, 3.63) is 53.9 Å². The van der Waals surface area contributed by atoms with Crippen LogP contribution in [0.5, 0.6) is 11.5 Å². The van der Waals surface area contributed by atoms with Crippen molar-refractivity contribution in [3.8, 4) is 11.5 Å². The monoisotopic (exact) mass is 364 g/mol. The highest BCUT2D eigenvalue weighted by Gasteiger charge is 2.28. The van der Waals surface area contributed by atoms with Crippen LogP contribution in [0.2, 0.25) is 0 Å². The van der Waals surface area contributed by atoms with Crippen molar-refractivity contribution in [2.45, 2.75) is 18.8 Å². The second kappa shape index (κ2) is 7.15. The van der Waals surface area contributed by atoms with Gasteiger partial charge in [0.15, 0.2) is 11.5 Å². The molecule has 0 saturated heterocycles. The SMILES string of the molecule is COc1ccc(OC)c(/C=C/C(=O)Nc2ccc3oc(C4CC4)nc3c2)c1. The first-order valence-electron chi connectivity index (χ1n) is 8.78. The highest BCUT2D eigenvalue weighted by Crippen LogP contribution is 2.40. The van der Waals surface area contributed by atoms with Crippen LogP contribution in [0, 0.1) is 0 Å². The predicted octanol–water partition coefficient (Wildman–Crippen LogP) is 4.37. The molecule has 0 aliphatic heterocycles. The number of nitrogens with zero attached hydrogens (tertiary/aromatic N) is 1. The van der Waals surface area contributed by atoms with Crippen LogP contribution in [-0.2, 0) is 4.79 Å². The lowest BCUT2D eigenvalue weighted by atomic mass is 10.1. The zero-order chi connectivity index (χ0) is 18.8. The van der Waals surface area contributed by atoms with E-state index in [0.717, 1.165) is 35.4 Å². The van der Waals surface area contributed by atoms with E-state index in [4.69, 9.17) is 13.9 Å². The summed E-state index contributed by atoms with van der Waals surface area (Å²) in [6, 6.07) is 10.9. The number of aromatic nitrogens is 1. The number of benzene rings is 2. The van der Waals surface area contributed by atoms with Crippen molar-refractivity contribution < 1.29 is 18.7 Å². The zero-order valence-corrected chi connectivity index (χ0v) is 15.2. The summed E-state index contributed by atoms with van der Waals surface area (Å²) in [7, 11) is 3.18. The third-order valence-electron chi connectivity index (χ3n) is 4.45. The molecule has 0 atom stereocenters. The van der Waals surface area contributed by atoms with Gasteiger partial charge in [0, 0.05) is 23.2 Å². The molecule has 1 N–H and O–H groups in total. The van der Waals surface area contributed by atoms with Gasteiger partial charge in [-0.2, -0.15) is 0 Å². The number of oxazole rings is 1. The van der Waals surface area contributed by atoms with E-state index < -0.39 is 0 Å². The number of anilines is 1. The molecule has 1 aliphatic carbocycles. The molecule has 2 aromatic carbocycles. The van der Waals surface area contributed by atoms with Gasteiger partial charge in [-0.1, -0.05) is 0 Å². The lowest BCUT2D eigenvalue weighted by Gasteiger charge is -2.07.